The number of methoxy groups -OCH3 is 1. The summed E-state index contributed by atoms with van der Waals surface area (Å²) < 4.78 is 9.59. The van der Waals surface area contributed by atoms with Crippen molar-refractivity contribution in [2.75, 3.05) is 17.7 Å². The minimum Gasteiger partial charge on any atom is -0.465 e. The van der Waals surface area contributed by atoms with Crippen LogP contribution in [0.1, 0.15) is 32.4 Å². The van der Waals surface area contributed by atoms with Gasteiger partial charge in [-0.25, -0.2) is 14.8 Å². The number of rotatable bonds is 5. The topological polar surface area (TPSA) is 119 Å². The lowest BCUT2D eigenvalue weighted by Gasteiger charge is -2.09. The van der Waals surface area contributed by atoms with Crippen molar-refractivity contribution in [3.8, 4) is 0 Å². The van der Waals surface area contributed by atoms with E-state index in [1.54, 1.807) is 44.2 Å². The second-order valence-electron chi connectivity index (χ2n) is 5.66. The lowest BCUT2D eigenvalue weighted by molar-refractivity contribution is 0.0600. The molecule has 1 aromatic carbocycles. The first kappa shape index (κ1) is 18.1. The van der Waals surface area contributed by atoms with E-state index in [2.05, 4.69) is 30.5 Å². The maximum atomic E-state index is 12.4. The highest BCUT2D eigenvalue weighted by Gasteiger charge is 2.13. The van der Waals surface area contributed by atoms with Gasteiger partial charge >= 0.3 is 5.97 Å². The molecule has 27 heavy (non-hydrogen) atoms. The zero-order chi connectivity index (χ0) is 19.4. The van der Waals surface area contributed by atoms with Crippen molar-refractivity contribution in [3.63, 3.8) is 0 Å². The van der Waals surface area contributed by atoms with Gasteiger partial charge in [-0.1, -0.05) is 5.16 Å². The number of ether oxygens (including phenoxy) is 1. The predicted octanol–water partition coefficient (Wildman–Crippen LogP) is 2.86. The Bertz CT molecular complexity index is 982. The molecule has 0 spiro atoms. The molecule has 0 fully saturated rings. The molecule has 0 unspecified atom stereocenters. The number of amides is 1. The van der Waals surface area contributed by atoms with Gasteiger partial charge in [0.05, 0.1) is 12.7 Å². The van der Waals surface area contributed by atoms with Crippen LogP contribution in [0.4, 0.5) is 17.3 Å². The van der Waals surface area contributed by atoms with Gasteiger partial charge in [0.2, 0.25) is 0 Å². The van der Waals surface area contributed by atoms with Crippen LogP contribution in [0, 0.1) is 13.8 Å². The summed E-state index contributed by atoms with van der Waals surface area (Å²) in [5.74, 6) is 0.908. The first-order chi connectivity index (χ1) is 12.9. The number of esters is 1. The van der Waals surface area contributed by atoms with E-state index in [-0.39, 0.29) is 5.69 Å². The summed E-state index contributed by atoms with van der Waals surface area (Å²) in [6.07, 6.45) is 0. The lowest BCUT2D eigenvalue weighted by Crippen LogP contribution is -2.15. The fourth-order valence-electron chi connectivity index (χ4n) is 2.31. The summed E-state index contributed by atoms with van der Waals surface area (Å²) in [6, 6.07) is 9.80. The van der Waals surface area contributed by atoms with Crippen LogP contribution >= 0.6 is 0 Å². The summed E-state index contributed by atoms with van der Waals surface area (Å²) in [6.45, 7) is 3.41. The largest absolute Gasteiger partial charge is 0.465 e. The molecular weight excluding hydrogens is 350 g/mol. The molecule has 2 aromatic heterocycles. The average Bonchev–Trinajstić information content (AvgIpc) is 3.06. The van der Waals surface area contributed by atoms with E-state index in [0.29, 0.717) is 34.5 Å². The molecule has 2 heterocycles. The van der Waals surface area contributed by atoms with E-state index in [9.17, 15) is 9.59 Å². The Morgan fingerprint density at radius 3 is 2.41 bits per heavy atom. The third kappa shape index (κ3) is 4.46. The van der Waals surface area contributed by atoms with Crippen molar-refractivity contribution >= 4 is 29.2 Å². The van der Waals surface area contributed by atoms with Crippen LogP contribution in [0.25, 0.3) is 0 Å². The second kappa shape index (κ2) is 7.65. The van der Waals surface area contributed by atoms with Crippen LogP contribution in [-0.2, 0) is 4.74 Å². The molecule has 9 heteroatoms. The van der Waals surface area contributed by atoms with Gasteiger partial charge in [0, 0.05) is 17.8 Å². The molecule has 2 N–H and O–H groups in total. The van der Waals surface area contributed by atoms with Gasteiger partial charge in [-0.3, -0.25) is 4.79 Å². The summed E-state index contributed by atoms with van der Waals surface area (Å²) in [5, 5.41) is 9.40. The predicted molar refractivity (Wildman–Crippen MR) is 97.0 cm³/mol. The first-order valence-electron chi connectivity index (χ1n) is 8.00. The van der Waals surface area contributed by atoms with Gasteiger partial charge in [-0.2, -0.15) is 0 Å². The zero-order valence-corrected chi connectivity index (χ0v) is 14.9. The van der Waals surface area contributed by atoms with Crippen LogP contribution in [0.2, 0.25) is 0 Å². The van der Waals surface area contributed by atoms with E-state index in [0.717, 1.165) is 0 Å². The third-order valence-electron chi connectivity index (χ3n) is 3.52. The third-order valence-corrected chi connectivity index (χ3v) is 3.52. The molecule has 0 atom stereocenters. The Labute approximate surface area is 154 Å². The van der Waals surface area contributed by atoms with Gasteiger partial charge in [-0.05, 0) is 38.1 Å². The van der Waals surface area contributed by atoms with Crippen molar-refractivity contribution in [2.45, 2.75) is 13.8 Å². The van der Waals surface area contributed by atoms with Crippen LogP contribution in [0.3, 0.4) is 0 Å². The smallest absolute Gasteiger partial charge is 0.337 e. The molecule has 0 saturated heterocycles. The maximum Gasteiger partial charge on any atom is 0.337 e. The average molecular weight is 367 g/mol. The molecule has 3 aromatic rings. The number of carbonyl (C=O) groups is 2. The van der Waals surface area contributed by atoms with Gasteiger partial charge in [-0.15, -0.1) is 0 Å². The molecule has 0 aliphatic rings. The number of hydrogen-bond donors (Lipinski definition) is 2. The molecule has 0 aliphatic heterocycles. The van der Waals surface area contributed by atoms with Crippen molar-refractivity contribution in [3.05, 3.63) is 59.2 Å². The molecule has 0 radical (unpaired) electrons. The van der Waals surface area contributed by atoms with Crippen molar-refractivity contribution in [1.82, 2.24) is 15.1 Å². The van der Waals surface area contributed by atoms with E-state index < -0.39 is 11.9 Å². The van der Waals surface area contributed by atoms with E-state index in [4.69, 9.17) is 4.52 Å². The molecule has 138 valence electrons. The standard InChI is InChI=1S/C18H17N5O4/c1-10-8-16(23-27-10)22-17(24)14-9-15(20-11(2)19-14)21-13-6-4-12(5-7-13)18(25)26-3/h4-9H,1-3H3,(H,19,20,21)(H,22,23,24). The summed E-state index contributed by atoms with van der Waals surface area (Å²) in [5.41, 5.74) is 1.31. The van der Waals surface area contributed by atoms with Crippen molar-refractivity contribution < 1.29 is 18.8 Å². The summed E-state index contributed by atoms with van der Waals surface area (Å²) >= 11 is 0. The fourth-order valence-corrected chi connectivity index (χ4v) is 2.31. The van der Waals surface area contributed by atoms with Gasteiger partial charge in [0.15, 0.2) is 5.82 Å². The Kier molecular flexibility index (Phi) is 5.11. The number of aromatic nitrogens is 3. The number of anilines is 3. The highest BCUT2D eigenvalue weighted by molar-refractivity contribution is 6.02. The Balaban J connectivity index is 1.76. The highest BCUT2D eigenvalue weighted by Crippen LogP contribution is 2.17. The molecule has 0 saturated carbocycles. The van der Waals surface area contributed by atoms with Crippen molar-refractivity contribution in [2.24, 2.45) is 0 Å². The Hall–Kier alpha value is -3.75. The van der Waals surface area contributed by atoms with E-state index in [1.807, 2.05) is 0 Å². The molecule has 0 bridgehead atoms. The monoisotopic (exact) mass is 367 g/mol. The van der Waals surface area contributed by atoms with E-state index >= 15 is 0 Å². The first-order valence-corrected chi connectivity index (χ1v) is 8.00. The minimum absolute atomic E-state index is 0.178. The Morgan fingerprint density at radius 2 is 1.78 bits per heavy atom. The number of nitrogens with one attached hydrogen (secondary N) is 2. The summed E-state index contributed by atoms with van der Waals surface area (Å²) in [7, 11) is 1.32. The molecule has 1 amide bonds. The highest BCUT2D eigenvalue weighted by atomic mass is 16.5. The quantitative estimate of drug-likeness (QED) is 0.661. The lowest BCUT2D eigenvalue weighted by atomic mass is 10.2. The number of hydrogen-bond acceptors (Lipinski definition) is 8. The normalized spacial score (nSPS) is 10.3. The van der Waals surface area contributed by atoms with Gasteiger partial charge < -0.3 is 19.9 Å². The second-order valence-corrected chi connectivity index (χ2v) is 5.66. The van der Waals surface area contributed by atoms with Gasteiger partial charge in [0.1, 0.15) is 23.1 Å². The van der Waals surface area contributed by atoms with Crippen molar-refractivity contribution in [1.29, 1.82) is 0 Å². The number of aryl methyl sites for hydroxylation is 2. The van der Waals surface area contributed by atoms with Crippen LogP contribution in [-0.4, -0.2) is 34.1 Å². The van der Waals surface area contributed by atoms with Crippen LogP contribution in [0.5, 0.6) is 0 Å². The fraction of sp³-hybridized carbons (Fsp3) is 0.167. The van der Waals surface area contributed by atoms with Crippen LogP contribution < -0.4 is 10.6 Å². The van der Waals surface area contributed by atoms with E-state index in [1.165, 1.54) is 13.2 Å². The van der Waals surface area contributed by atoms with Crippen LogP contribution in [0.15, 0.2) is 40.9 Å². The molecule has 9 nitrogen and oxygen atoms in total. The SMILES string of the molecule is COC(=O)c1ccc(Nc2cc(C(=O)Nc3cc(C)on3)nc(C)n2)cc1. The molecule has 3 rings (SSSR count). The Morgan fingerprint density at radius 1 is 1.04 bits per heavy atom. The summed E-state index contributed by atoms with van der Waals surface area (Å²) in [4.78, 5) is 32.3. The molecule has 0 aliphatic carbocycles. The minimum atomic E-state index is -0.433. The number of benzene rings is 1. The number of nitrogens with zero attached hydrogens (tertiary/aromatic N) is 3. The number of carbonyl (C=O) groups excluding carboxylic acids is 2. The van der Waals surface area contributed by atoms with Gasteiger partial charge in [0.25, 0.3) is 5.91 Å². The maximum absolute atomic E-state index is 12.4. The zero-order valence-electron chi connectivity index (χ0n) is 14.9. The molecular formula is C18H17N5O4.